The van der Waals surface area contributed by atoms with E-state index in [0.717, 1.165) is 22.5 Å². The molecule has 0 aliphatic heterocycles. The molecule has 0 saturated heterocycles. The van der Waals surface area contributed by atoms with Crippen molar-refractivity contribution in [3.05, 3.63) is 89.4 Å². The lowest BCUT2D eigenvalue weighted by Crippen LogP contribution is -2.15. The number of imidazole rings is 1. The number of pyridine rings is 1. The number of aromatic nitrogens is 2. The Morgan fingerprint density at radius 2 is 1.69 bits per heavy atom. The summed E-state index contributed by atoms with van der Waals surface area (Å²) in [7, 11) is 0. The number of nitrogens with one attached hydrogen (secondary N) is 2. The van der Waals surface area contributed by atoms with E-state index in [0.29, 0.717) is 22.7 Å². The predicted molar refractivity (Wildman–Crippen MR) is 124 cm³/mol. The largest absolute Gasteiger partial charge is 0.486 e. The Bertz CT molecular complexity index is 1310. The Balaban J connectivity index is 1.51. The SMILES string of the molecule is CC(=O)Nc1cccc(NC(=O)c2ccccc2OCc2cn3cc(C)ccc3n2)c1C. The highest BCUT2D eigenvalue weighted by atomic mass is 16.5. The van der Waals surface area contributed by atoms with Crippen molar-refractivity contribution < 1.29 is 14.3 Å². The van der Waals surface area contributed by atoms with Gasteiger partial charge < -0.3 is 19.8 Å². The zero-order chi connectivity index (χ0) is 22.7. The number of aryl methyl sites for hydroxylation is 1. The minimum Gasteiger partial charge on any atom is -0.486 e. The molecule has 0 unspecified atom stereocenters. The Hall–Kier alpha value is -4.13. The molecule has 4 aromatic rings. The van der Waals surface area contributed by atoms with Crippen LogP contribution in [-0.4, -0.2) is 21.2 Å². The van der Waals surface area contributed by atoms with Crippen molar-refractivity contribution in [1.82, 2.24) is 9.38 Å². The summed E-state index contributed by atoms with van der Waals surface area (Å²) >= 11 is 0. The van der Waals surface area contributed by atoms with E-state index in [-0.39, 0.29) is 18.4 Å². The van der Waals surface area contributed by atoms with Gasteiger partial charge in [-0.05, 0) is 55.3 Å². The average Bonchev–Trinajstić information content (AvgIpc) is 3.17. The van der Waals surface area contributed by atoms with Crippen LogP contribution in [0.3, 0.4) is 0 Å². The summed E-state index contributed by atoms with van der Waals surface area (Å²) in [5, 5.41) is 5.68. The highest BCUT2D eigenvalue weighted by molar-refractivity contribution is 6.07. The van der Waals surface area contributed by atoms with Crippen molar-refractivity contribution in [1.29, 1.82) is 0 Å². The molecular formula is C25H24N4O3. The number of rotatable bonds is 6. The Labute approximate surface area is 186 Å². The Morgan fingerprint density at radius 1 is 0.938 bits per heavy atom. The van der Waals surface area contributed by atoms with Crippen LogP contribution in [0.1, 0.15) is 34.1 Å². The number of para-hydroxylation sites is 1. The van der Waals surface area contributed by atoms with Crippen molar-refractivity contribution in [2.24, 2.45) is 0 Å². The molecule has 2 aromatic carbocycles. The van der Waals surface area contributed by atoms with Gasteiger partial charge in [0.25, 0.3) is 5.91 Å². The standard InChI is InChI=1S/C25H24N4O3/c1-16-11-12-24-27-19(14-29(24)13-16)15-32-23-10-5-4-7-20(23)25(31)28-22-9-6-8-21(17(22)2)26-18(3)30/h4-14H,15H2,1-3H3,(H,26,30)(H,28,31). The zero-order valence-corrected chi connectivity index (χ0v) is 18.2. The molecule has 2 N–H and O–H groups in total. The molecule has 0 fully saturated rings. The predicted octanol–water partition coefficient (Wildman–Crippen LogP) is 4.74. The van der Waals surface area contributed by atoms with Crippen molar-refractivity contribution in [3.63, 3.8) is 0 Å². The zero-order valence-electron chi connectivity index (χ0n) is 18.2. The van der Waals surface area contributed by atoms with E-state index in [1.54, 1.807) is 36.4 Å². The number of anilines is 2. The van der Waals surface area contributed by atoms with Crippen LogP contribution < -0.4 is 15.4 Å². The van der Waals surface area contributed by atoms with Crippen LogP contribution in [0.25, 0.3) is 5.65 Å². The summed E-state index contributed by atoms with van der Waals surface area (Å²) in [6.45, 7) is 5.55. The van der Waals surface area contributed by atoms with Gasteiger partial charge in [-0.15, -0.1) is 0 Å². The van der Waals surface area contributed by atoms with Crippen LogP contribution in [0.5, 0.6) is 5.75 Å². The van der Waals surface area contributed by atoms with Gasteiger partial charge in [-0.1, -0.05) is 24.3 Å². The third-order valence-electron chi connectivity index (χ3n) is 5.05. The van der Waals surface area contributed by atoms with Gasteiger partial charge in [-0.3, -0.25) is 9.59 Å². The Kier molecular flexibility index (Phi) is 5.89. The molecule has 2 aromatic heterocycles. The van der Waals surface area contributed by atoms with Crippen LogP contribution in [0, 0.1) is 13.8 Å². The molecule has 0 bridgehead atoms. The third-order valence-corrected chi connectivity index (χ3v) is 5.05. The smallest absolute Gasteiger partial charge is 0.259 e. The molecule has 7 heteroatoms. The van der Waals surface area contributed by atoms with E-state index in [4.69, 9.17) is 4.74 Å². The quantitative estimate of drug-likeness (QED) is 0.465. The van der Waals surface area contributed by atoms with Crippen molar-refractivity contribution in [3.8, 4) is 5.75 Å². The first-order valence-electron chi connectivity index (χ1n) is 10.3. The number of hydrogen-bond donors (Lipinski definition) is 2. The highest BCUT2D eigenvalue weighted by Gasteiger charge is 2.15. The second kappa shape index (κ2) is 8.93. The summed E-state index contributed by atoms with van der Waals surface area (Å²) in [6, 6.07) is 16.4. The molecular weight excluding hydrogens is 404 g/mol. The van der Waals surface area contributed by atoms with Gasteiger partial charge in [0.1, 0.15) is 18.0 Å². The van der Waals surface area contributed by atoms with Gasteiger partial charge in [0.05, 0.1) is 11.3 Å². The van der Waals surface area contributed by atoms with Crippen LogP contribution in [0.4, 0.5) is 11.4 Å². The monoisotopic (exact) mass is 428 g/mol. The first kappa shape index (κ1) is 21.1. The molecule has 4 rings (SSSR count). The number of nitrogens with zero attached hydrogens (tertiary/aromatic N) is 2. The van der Waals surface area contributed by atoms with Crippen LogP contribution in [-0.2, 0) is 11.4 Å². The maximum atomic E-state index is 13.0. The second-order valence-electron chi connectivity index (χ2n) is 7.60. The lowest BCUT2D eigenvalue weighted by molar-refractivity contribution is -0.114. The van der Waals surface area contributed by atoms with E-state index < -0.39 is 0 Å². The molecule has 162 valence electrons. The fourth-order valence-corrected chi connectivity index (χ4v) is 3.44. The van der Waals surface area contributed by atoms with Crippen molar-refractivity contribution in [2.45, 2.75) is 27.4 Å². The second-order valence-corrected chi connectivity index (χ2v) is 7.60. The lowest BCUT2D eigenvalue weighted by atomic mass is 10.1. The maximum Gasteiger partial charge on any atom is 0.259 e. The van der Waals surface area contributed by atoms with Gasteiger partial charge in [0.2, 0.25) is 5.91 Å². The first-order valence-corrected chi connectivity index (χ1v) is 10.3. The van der Waals surface area contributed by atoms with Crippen LogP contribution in [0.15, 0.2) is 67.0 Å². The number of amides is 2. The lowest BCUT2D eigenvalue weighted by Gasteiger charge is -2.14. The summed E-state index contributed by atoms with van der Waals surface area (Å²) in [6.07, 6.45) is 3.92. The molecule has 2 heterocycles. The fourth-order valence-electron chi connectivity index (χ4n) is 3.44. The minimum absolute atomic E-state index is 0.169. The topological polar surface area (TPSA) is 84.7 Å². The molecule has 32 heavy (non-hydrogen) atoms. The summed E-state index contributed by atoms with van der Waals surface area (Å²) in [5.41, 5.74) is 5.21. The van der Waals surface area contributed by atoms with E-state index in [1.807, 2.05) is 48.8 Å². The first-order chi connectivity index (χ1) is 15.4. The van der Waals surface area contributed by atoms with Gasteiger partial charge in [-0.2, -0.15) is 0 Å². The van der Waals surface area contributed by atoms with Crippen molar-refractivity contribution >= 4 is 28.8 Å². The van der Waals surface area contributed by atoms with Gasteiger partial charge >= 0.3 is 0 Å². The number of carbonyl (C=O) groups is 2. The molecule has 0 aliphatic carbocycles. The van der Waals surface area contributed by atoms with E-state index in [1.165, 1.54) is 6.92 Å². The van der Waals surface area contributed by atoms with Gasteiger partial charge in [0.15, 0.2) is 0 Å². The van der Waals surface area contributed by atoms with E-state index in [2.05, 4.69) is 15.6 Å². The average molecular weight is 428 g/mol. The maximum absolute atomic E-state index is 13.0. The number of ether oxygens (including phenoxy) is 1. The fraction of sp³-hybridized carbons (Fsp3) is 0.160. The summed E-state index contributed by atoms with van der Waals surface area (Å²) < 4.78 is 7.91. The van der Waals surface area contributed by atoms with Crippen LogP contribution in [0.2, 0.25) is 0 Å². The van der Waals surface area contributed by atoms with Gasteiger partial charge in [-0.25, -0.2) is 4.98 Å². The molecule has 0 saturated carbocycles. The molecule has 0 radical (unpaired) electrons. The highest BCUT2D eigenvalue weighted by Crippen LogP contribution is 2.26. The minimum atomic E-state index is -0.297. The number of fused-ring (bicyclic) bond motifs is 1. The van der Waals surface area contributed by atoms with Crippen molar-refractivity contribution in [2.75, 3.05) is 10.6 Å². The third kappa shape index (κ3) is 4.62. The number of carbonyl (C=O) groups excluding carboxylic acids is 2. The van der Waals surface area contributed by atoms with E-state index >= 15 is 0 Å². The Morgan fingerprint density at radius 3 is 2.47 bits per heavy atom. The van der Waals surface area contributed by atoms with Gasteiger partial charge in [0, 0.05) is 30.7 Å². The summed E-state index contributed by atoms with van der Waals surface area (Å²) in [5.74, 6) is 0.000588. The molecule has 7 nitrogen and oxygen atoms in total. The number of benzene rings is 2. The van der Waals surface area contributed by atoms with E-state index in [9.17, 15) is 9.59 Å². The summed E-state index contributed by atoms with van der Waals surface area (Å²) in [4.78, 5) is 29.0. The molecule has 0 spiro atoms. The molecule has 0 atom stereocenters. The molecule has 2 amide bonds. The molecule has 0 aliphatic rings. The van der Waals surface area contributed by atoms with Crippen LogP contribution >= 0.6 is 0 Å². The number of hydrogen-bond acceptors (Lipinski definition) is 4. The normalized spacial score (nSPS) is 10.7.